The Labute approximate surface area is 167 Å². The topological polar surface area (TPSA) is 65.0 Å². The number of hydrogen-bond acceptors (Lipinski definition) is 4. The number of aryl methyl sites for hydroxylation is 2. The number of benzene rings is 1. The van der Waals surface area contributed by atoms with Gasteiger partial charge in [-0.3, -0.25) is 0 Å². The molecule has 0 saturated carbocycles. The number of allylic oxidation sites excluding steroid dienone is 1. The van der Waals surface area contributed by atoms with E-state index in [2.05, 4.69) is 4.98 Å². The van der Waals surface area contributed by atoms with Crippen molar-refractivity contribution in [1.82, 2.24) is 14.9 Å². The third-order valence-corrected chi connectivity index (χ3v) is 4.63. The van der Waals surface area contributed by atoms with Gasteiger partial charge in [-0.05, 0) is 44.9 Å². The van der Waals surface area contributed by atoms with E-state index in [0.717, 1.165) is 34.0 Å². The minimum atomic E-state index is -0.832. The molecule has 0 radical (unpaired) electrons. The summed E-state index contributed by atoms with van der Waals surface area (Å²) in [6.07, 6.45) is 1.42. The highest BCUT2D eigenvalue weighted by atomic mass is 19.1. The third-order valence-electron chi connectivity index (χ3n) is 4.63. The van der Waals surface area contributed by atoms with Crippen LogP contribution in [0.5, 0.6) is 5.75 Å². The molecule has 3 rings (SSSR count). The van der Waals surface area contributed by atoms with Crippen molar-refractivity contribution < 1.29 is 9.13 Å². The summed E-state index contributed by atoms with van der Waals surface area (Å²) >= 11 is 0. The van der Waals surface area contributed by atoms with Crippen LogP contribution in [-0.4, -0.2) is 47.0 Å². The molecule has 1 aromatic carbocycles. The van der Waals surface area contributed by atoms with Crippen molar-refractivity contribution in [2.45, 2.75) is 47.2 Å². The lowest BCUT2D eigenvalue weighted by atomic mass is 10.1. The van der Waals surface area contributed by atoms with Crippen molar-refractivity contribution >= 4 is 11.4 Å². The van der Waals surface area contributed by atoms with Gasteiger partial charge in [-0.2, -0.15) is 0 Å². The molecule has 1 fully saturated rings. The molecule has 0 spiro atoms. The van der Waals surface area contributed by atoms with E-state index in [4.69, 9.17) is 15.1 Å². The van der Waals surface area contributed by atoms with E-state index in [1.165, 1.54) is 0 Å². The van der Waals surface area contributed by atoms with Crippen LogP contribution in [0.4, 0.5) is 4.39 Å². The summed E-state index contributed by atoms with van der Waals surface area (Å²) < 4.78 is 19.1. The van der Waals surface area contributed by atoms with Crippen molar-refractivity contribution in [3.63, 3.8) is 0 Å². The molecule has 0 amide bonds. The molecule has 5 nitrogen and oxygen atoms in total. The molecule has 1 atom stereocenters. The standard InChI is InChI=1S/C20H25FN4O.C2H6/c1-12-5-6-15(10-18(12)26-4)19-14(3)23-20(24-19)17(9-13(2)22)25-8-7-16(21)11-25;1-2/h5-6,9-10,16,22H,7-8,11H2,1-4H3,(H,23,24);1-2H3/b17-9+,22-13?;/t16-;/m1./s1. The van der Waals surface area contributed by atoms with E-state index in [1.54, 1.807) is 20.1 Å². The quantitative estimate of drug-likeness (QED) is 0.698. The van der Waals surface area contributed by atoms with E-state index >= 15 is 0 Å². The first kappa shape index (κ1) is 21.7. The zero-order valence-corrected chi connectivity index (χ0v) is 17.7. The molecule has 0 unspecified atom stereocenters. The molecular weight excluding hydrogens is 355 g/mol. The number of imidazole rings is 1. The molecule has 2 N–H and O–H groups in total. The number of halogens is 1. The predicted molar refractivity (Wildman–Crippen MR) is 114 cm³/mol. The Morgan fingerprint density at radius 1 is 1.36 bits per heavy atom. The largest absolute Gasteiger partial charge is 0.496 e. The van der Waals surface area contributed by atoms with Crippen LogP contribution in [-0.2, 0) is 0 Å². The second-order valence-electron chi connectivity index (χ2n) is 6.79. The maximum Gasteiger partial charge on any atom is 0.154 e. The van der Waals surface area contributed by atoms with E-state index in [-0.39, 0.29) is 0 Å². The first-order valence-corrected chi connectivity index (χ1v) is 9.77. The Kier molecular flexibility index (Phi) is 7.38. The predicted octanol–water partition coefficient (Wildman–Crippen LogP) is 5.15. The Bertz CT molecular complexity index is 856. The molecule has 0 aliphatic carbocycles. The van der Waals surface area contributed by atoms with Gasteiger partial charge in [0.1, 0.15) is 11.9 Å². The molecule has 2 aromatic rings. The van der Waals surface area contributed by atoms with E-state index in [9.17, 15) is 4.39 Å². The number of aromatic amines is 1. The van der Waals surface area contributed by atoms with Gasteiger partial charge in [0.25, 0.3) is 0 Å². The number of hydrogen-bond donors (Lipinski definition) is 2. The van der Waals surface area contributed by atoms with Crippen LogP contribution in [0.3, 0.4) is 0 Å². The minimum Gasteiger partial charge on any atom is -0.496 e. The Balaban J connectivity index is 0.00000136. The minimum absolute atomic E-state index is 0.340. The highest BCUT2D eigenvalue weighted by Gasteiger charge is 2.26. The fraction of sp³-hybridized carbons (Fsp3) is 0.455. The molecule has 1 aromatic heterocycles. The molecule has 2 heterocycles. The zero-order valence-electron chi connectivity index (χ0n) is 17.7. The van der Waals surface area contributed by atoms with E-state index < -0.39 is 6.17 Å². The number of ether oxygens (including phenoxy) is 1. The van der Waals surface area contributed by atoms with Gasteiger partial charge in [-0.15, -0.1) is 0 Å². The average molecular weight is 387 g/mol. The number of nitrogens with one attached hydrogen (secondary N) is 2. The Hall–Kier alpha value is -2.63. The summed E-state index contributed by atoms with van der Waals surface area (Å²) in [5.74, 6) is 1.48. The van der Waals surface area contributed by atoms with Crippen LogP contribution < -0.4 is 4.74 Å². The Morgan fingerprint density at radius 3 is 2.64 bits per heavy atom. The molecular formula is C22H31FN4O. The number of alkyl halides is 1. The molecule has 152 valence electrons. The molecule has 28 heavy (non-hydrogen) atoms. The third kappa shape index (κ3) is 4.80. The first-order chi connectivity index (χ1) is 13.4. The summed E-state index contributed by atoms with van der Waals surface area (Å²) in [4.78, 5) is 10.0. The van der Waals surface area contributed by atoms with Crippen LogP contribution in [0.15, 0.2) is 24.3 Å². The Morgan fingerprint density at radius 2 is 2.07 bits per heavy atom. The number of H-pyrrole nitrogens is 1. The van der Waals surface area contributed by atoms with Gasteiger partial charge in [0.15, 0.2) is 5.82 Å². The highest BCUT2D eigenvalue weighted by Crippen LogP contribution is 2.30. The van der Waals surface area contributed by atoms with Gasteiger partial charge in [-0.1, -0.05) is 26.0 Å². The number of aromatic nitrogens is 2. The van der Waals surface area contributed by atoms with Crippen molar-refractivity contribution in [2.24, 2.45) is 0 Å². The SMILES string of the molecule is CC.COc1cc(-c2nc(/C(=C\C(C)=N)N3CC[C@@H](F)C3)[nH]c2C)ccc1C. The lowest BCUT2D eigenvalue weighted by Gasteiger charge is -2.19. The van der Waals surface area contributed by atoms with Crippen LogP contribution in [0.1, 0.15) is 44.3 Å². The smallest absolute Gasteiger partial charge is 0.154 e. The van der Waals surface area contributed by atoms with Gasteiger partial charge in [0.05, 0.1) is 18.5 Å². The summed E-state index contributed by atoms with van der Waals surface area (Å²) in [5.41, 5.74) is 4.97. The fourth-order valence-electron chi connectivity index (χ4n) is 3.28. The monoisotopic (exact) mass is 386 g/mol. The van der Waals surface area contributed by atoms with Crippen molar-refractivity contribution in [2.75, 3.05) is 20.2 Å². The van der Waals surface area contributed by atoms with Gasteiger partial charge >= 0.3 is 0 Å². The van der Waals surface area contributed by atoms with Crippen LogP contribution in [0.25, 0.3) is 17.0 Å². The van der Waals surface area contributed by atoms with E-state index in [0.29, 0.717) is 31.0 Å². The highest BCUT2D eigenvalue weighted by molar-refractivity contribution is 5.96. The summed E-state index contributed by atoms with van der Waals surface area (Å²) in [6.45, 7) is 10.7. The van der Waals surface area contributed by atoms with Gasteiger partial charge < -0.3 is 20.0 Å². The van der Waals surface area contributed by atoms with Gasteiger partial charge in [-0.25, -0.2) is 9.37 Å². The number of nitrogens with zero attached hydrogens (tertiary/aromatic N) is 2. The van der Waals surface area contributed by atoms with Crippen molar-refractivity contribution in [1.29, 1.82) is 5.41 Å². The van der Waals surface area contributed by atoms with E-state index in [1.807, 2.05) is 50.8 Å². The normalized spacial score (nSPS) is 16.6. The second-order valence-corrected chi connectivity index (χ2v) is 6.79. The lowest BCUT2D eigenvalue weighted by molar-refractivity contribution is 0.338. The number of rotatable bonds is 5. The summed E-state index contributed by atoms with van der Waals surface area (Å²) in [5, 5.41) is 7.83. The molecule has 1 saturated heterocycles. The van der Waals surface area contributed by atoms with Crippen LogP contribution >= 0.6 is 0 Å². The number of methoxy groups -OCH3 is 1. The second kappa shape index (κ2) is 9.53. The zero-order chi connectivity index (χ0) is 20.8. The summed E-state index contributed by atoms with van der Waals surface area (Å²) in [6, 6.07) is 6.00. The summed E-state index contributed by atoms with van der Waals surface area (Å²) in [7, 11) is 1.66. The van der Waals surface area contributed by atoms with Crippen LogP contribution in [0, 0.1) is 19.3 Å². The lowest BCUT2D eigenvalue weighted by Crippen LogP contribution is -2.21. The van der Waals surface area contributed by atoms with Crippen LogP contribution in [0.2, 0.25) is 0 Å². The molecule has 1 aliphatic heterocycles. The maximum atomic E-state index is 13.7. The van der Waals surface area contributed by atoms with Gasteiger partial charge in [0, 0.05) is 30.1 Å². The molecule has 6 heteroatoms. The average Bonchev–Trinajstić information content (AvgIpc) is 3.27. The van der Waals surface area contributed by atoms with Crippen molar-refractivity contribution in [3.05, 3.63) is 41.4 Å². The van der Waals surface area contributed by atoms with Gasteiger partial charge in [0.2, 0.25) is 0 Å². The maximum absolute atomic E-state index is 13.7. The fourth-order valence-corrected chi connectivity index (χ4v) is 3.28. The first-order valence-electron chi connectivity index (χ1n) is 9.77. The molecule has 0 bridgehead atoms. The number of likely N-dealkylation sites (tertiary alicyclic amines) is 1. The molecule has 1 aliphatic rings. The van der Waals surface area contributed by atoms with Crippen molar-refractivity contribution in [3.8, 4) is 17.0 Å².